The minimum atomic E-state index is -0.495. The summed E-state index contributed by atoms with van der Waals surface area (Å²) in [5.41, 5.74) is 2.20. The normalized spacial score (nSPS) is 22.9. The average molecular weight is 325 g/mol. The molecule has 0 unspecified atom stereocenters. The molecular formula is C18H19N3O3. The van der Waals surface area contributed by atoms with Crippen LogP contribution in [0.5, 0.6) is 5.88 Å². The maximum Gasteiger partial charge on any atom is 0.256 e. The number of rotatable bonds is 3. The Labute approximate surface area is 140 Å². The molecule has 2 atom stereocenters. The number of hydrogen-bond acceptors (Lipinski definition) is 5. The van der Waals surface area contributed by atoms with Crippen LogP contribution >= 0.6 is 0 Å². The van der Waals surface area contributed by atoms with E-state index < -0.39 is 6.10 Å². The number of nitrogens with zero attached hydrogens (tertiary/aromatic N) is 3. The van der Waals surface area contributed by atoms with E-state index in [-0.39, 0.29) is 12.0 Å². The van der Waals surface area contributed by atoms with Gasteiger partial charge in [-0.15, -0.1) is 5.10 Å². The Morgan fingerprint density at radius 1 is 1.25 bits per heavy atom. The second-order valence-electron chi connectivity index (χ2n) is 6.07. The Balaban J connectivity index is 1.43. The number of aromatic nitrogens is 2. The van der Waals surface area contributed by atoms with Crippen molar-refractivity contribution in [1.29, 1.82) is 0 Å². The molecule has 1 saturated heterocycles. The maximum absolute atomic E-state index is 12.9. The topological polar surface area (TPSA) is 64.5 Å². The van der Waals surface area contributed by atoms with Crippen LogP contribution < -0.4 is 4.74 Å². The summed E-state index contributed by atoms with van der Waals surface area (Å²) in [6.07, 6.45) is 2.71. The zero-order valence-electron chi connectivity index (χ0n) is 13.3. The zero-order chi connectivity index (χ0) is 16.4. The van der Waals surface area contributed by atoms with Crippen LogP contribution in [0.1, 0.15) is 23.7 Å². The molecule has 0 aliphatic carbocycles. The highest BCUT2D eigenvalue weighted by Gasteiger charge is 2.35. The van der Waals surface area contributed by atoms with Crippen molar-refractivity contribution in [2.75, 3.05) is 19.7 Å². The molecule has 124 valence electrons. The fraction of sp³-hybridized carbons (Fsp3) is 0.389. The monoisotopic (exact) mass is 325 g/mol. The van der Waals surface area contributed by atoms with E-state index in [1.165, 1.54) is 5.56 Å². The number of carbonyl (C=O) groups is 1. The summed E-state index contributed by atoms with van der Waals surface area (Å²) in [6.45, 7) is 1.81. The molecule has 2 aliphatic rings. The first-order valence-electron chi connectivity index (χ1n) is 8.24. The molecule has 3 heterocycles. The summed E-state index contributed by atoms with van der Waals surface area (Å²) in [5.74, 6) is 0.517. The first-order valence-corrected chi connectivity index (χ1v) is 8.24. The number of fused-ring (bicyclic) bond motifs is 1. The Kier molecular flexibility index (Phi) is 4.13. The third-order valence-electron chi connectivity index (χ3n) is 4.51. The van der Waals surface area contributed by atoms with Gasteiger partial charge in [-0.05, 0) is 23.6 Å². The van der Waals surface area contributed by atoms with Crippen molar-refractivity contribution >= 4 is 5.91 Å². The summed E-state index contributed by atoms with van der Waals surface area (Å²) in [6, 6.07) is 11.6. The molecular weight excluding hydrogens is 306 g/mol. The second-order valence-corrected chi connectivity index (χ2v) is 6.07. The van der Waals surface area contributed by atoms with E-state index in [9.17, 15) is 4.79 Å². The predicted molar refractivity (Wildman–Crippen MR) is 86.5 cm³/mol. The van der Waals surface area contributed by atoms with E-state index >= 15 is 0 Å². The van der Waals surface area contributed by atoms with Crippen molar-refractivity contribution in [3.05, 3.63) is 53.7 Å². The number of hydrogen-bond donors (Lipinski definition) is 0. The van der Waals surface area contributed by atoms with Crippen LogP contribution in [0.15, 0.2) is 42.6 Å². The number of ether oxygens (including phenoxy) is 2. The van der Waals surface area contributed by atoms with Gasteiger partial charge in [0.25, 0.3) is 5.91 Å². The van der Waals surface area contributed by atoms with E-state index in [1.54, 1.807) is 18.3 Å². The van der Waals surface area contributed by atoms with Crippen molar-refractivity contribution in [2.45, 2.75) is 25.0 Å². The van der Waals surface area contributed by atoms with Crippen molar-refractivity contribution in [3.8, 4) is 5.88 Å². The standard InChI is InChI=1S/C18H19N3O3/c22-18(17-15-5-2-1-4-13(15)8-11-23-17)21-10-7-14(12-21)24-16-6-3-9-19-20-16/h1-6,9,14,17H,7-8,10-12H2/t14-,17+/m0/s1. The van der Waals surface area contributed by atoms with Crippen LogP contribution in [0.4, 0.5) is 0 Å². The maximum atomic E-state index is 12.9. The molecule has 2 aliphatic heterocycles. The van der Waals surface area contributed by atoms with Crippen molar-refractivity contribution in [1.82, 2.24) is 15.1 Å². The van der Waals surface area contributed by atoms with Crippen LogP contribution in [0.3, 0.4) is 0 Å². The van der Waals surface area contributed by atoms with E-state index in [2.05, 4.69) is 16.3 Å². The molecule has 4 rings (SSSR count). The Bertz CT molecular complexity index is 722. The number of benzene rings is 1. The van der Waals surface area contributed by atoms with E-state index in [0.717, 1.165) is 18.4 Å². The van der Waals surface area contributed by atoms with Gasteiger partial charge in [-0.1, -0.05) is 24.3 Å². The molecule has 1 aromatic heterocycles. The summed E-state index contributed by atoms with van der Waals surface area (Å²) in [5, 5.41) is 7.74. The minimum Gasteiger partial charge on any atom is -0.471 e. The Hall–Kier alpha value is -2.47. The van der Waals surface area contributed by atoms with Crippen LogP contribution in [0, 0.1) is 0 Å². The van der Waals surface area contributed by atoms with E-state index in [4.69, 9.17) is 9.47 Å². The van der Waals surface area contributed by atoms with Crippen molar-refractivity contribution in [3.63, 3.8) is 0 Å². The third kappa shape index (κ3) is 2.97. The van der Waals surface area contributed by atoms with Gasteiger partial charge < -0.3 is 14.4 Å². The van der Waals surface area contributed by atoms with Gasteiger partial charge in [-0.2, -0.15) is 5.10 Å². The molecule has 6 heteroatoms. The molecule has 0 N–H and O–H groups in total. The van der Waals surface area contributed by atoms with E-state index in [0.29, 0.717) is 25.6 Å². The van der Waals surface area contributed by atoms with Crippen molar-refractivity contribution < 1.29 is 14.3 Å². The van der Waals surface area contributed by atoms with E-state index in [1.807, 2.05) is 23.1 Å². The average Bonchev–Trinajstić information content (AvgIpc) is 3.10. The Morgan fingerprint density at radius 2 is 2.17 bits per heavy atom. The van der Waals surface area contributed by atoms with Crippen LogP contribution in [-0.2, 0) is 16.0 Å². The lowest BCUT2D eigenvalue weighted by Crippen LogP contribution is -2.37. The largest absolute Gasteiger partial charge is 0.471 e. The summed E-state index contributed by atoms with van der Waals surface area (Å²) in [4.78, 5) is 14.7. The number of amides is 1. The smallest absolute Gasteiger partial charge is 0.256 e. The molecule has 1 fully saturated rings. The van der Waals surface area contributed by atoms with Gasteiger partial charge in [0.2, 0.25) is 5.88 Å². The minimum absolute atomic E-state index is 0.0207. The molecule has 0 saturated carbocycles. The van der Waals surface area contributed by atoms with Gasteiger partial charge in [0.1, 0.15) is 6.10 Å². The third-order valence-corrected chi connectivity index (χ3v) is 4.51. The lowest BCUT2D eigenvalue weighted by Gasteiger charge is -2.28. The molecule has 1 aromatic carbocycles. The van der Waals surface area contributed by atoms with Gasteiger partial charge in [-0.25, -0.2) is 0 Å². The number of likely N-dealkylation sites (tertiary alicyclic amines) is 1. The molecule has 0 radical (unpaired) electrons. The first kappa shape index (κ1) is 15.1. The fourth-order valence-corrected chi connectivity index (χ4v) is 3.31. The molecule has 0 bridgehead atoms. The van der Waals surface area contributed by atoms with Gasteiger partial charge in [-0.3, -0.25) is 4.79 Å². The van der Waals surface area contributed by atoms with Gasteiger partial charge in [0.05, 0.1) is 13.2 Å². The Morgan fingerprint density at radius 3 is 3.04 bits per heavy atom. The van der Waals surface area contributed by atoms with Crippen LogP contribution in [0.2, 0.25) is 0 Å². The highest BCUT2D eigenvalue weighted by molar-refractivity contribution is 5.83. The molecule has 1 amide bonds. The summed E-state index contributed by atoms with van der Waals surface area (Å²) in [7, 11) is 0. The van der Waals surface area contributed by atoms with Crippen molar-refractivity contribution in [2.24, 2.45) is 0 Å². The second kappa shape index (κ2) is 6.57. The summed E-state index contributed by atoms with van der Waals surface area (Å²) < 4.78 is 11.6. The highest BCUT2D eigenvalue weighted by Crippen LogP contribution is 2.30. The molecule has 6 nitrogen and oxygen atoms in total. The quantitative estimate of drug-likeness (QED) is 0.860. The molecule has 24 heavy (non-hydrogen) atoms. The fourth-order valence-electron chi connectivity index (χ4n) is 3.31. The SMILES string of the molecule is O=C([C@@H]1OCCc2ccccc21)N1CC[C@H](Oc2cccnn2)C1. The van der Waals surface area contributed by atoms with Gasteiger partial charge >= 0.3 is 0 Å². The molecule has 2 aromatic rings. The van der Waals surface area contributed by atoms with Gasteiger partial charge in [0, 0.05) is 25.2 Å². The lowest BCUT2D eigenvalue weighted by atomic mass is 9.97. The van der Waals surface area contributed by atoms with Crippen LogP contribution in [0.25, 0.3) is 0 Å². The zero-order valence-corrected chi connectivity index (χ0v) is 13.3. The van der Waals surface area contributed by atoms with Crippen LogP contribution in [-0.4, -0.2) is 46.8 Å². The number of carbonyl (C=O) groups excluding carboxylic acids is 1. The predicted octanol–water partition coefficient (Wildman–Crippen LogP) is 1.77. The summed E-state index contributed by atoms with van der Waals surface area (Å²) >= 11 is 0. The lowest BCUT2D eigenvalue weighted by molar-refractivity contribution is -0.144. The molecule has 0 spiro atoms. The highest BCUT2D eigenvalue weighted by atomic mass is 16.5. The first-order chi connectivity index (χ1) is 11.8. The van der Waals surface area contributed by atoms with Gasteiger partial charge in [0.15, 0.2) is 6.10 Å².